The second-order valence-electron chi connectivity index (χ2n) is 5.41. The number of halogens is 1. The number of anilines is 1. The van der Waals surface area contributed by atoms with Crippen LogP contribution in [0.4, 0.5) is 5.69 Å². The second-order valence-corrected chi connectivity index (χ2v) is 8.07. The van der Waals surface area contributed by atoms with Crippen LogP contribution in [0.25, 0.3) is 5.57 Å². The summed E-state index contributed by atoms with van der Waals surface area (Å²) in [4.78, 5) is 13.9. The number of nitrogens with one attached hydrogen (secondary N) is 1. The summed E-state index contributed by atoms with van der Waals surface area (Å²) in [5, 5.41) is 3.32. The summed E-state index contributed by atoms with van der Waals surface area (Å²) in [7, 11) is -1.14. The number of rotatable bonds is 2. The lowest BCUT2D eigenvalue weighted by molar-refractivity contribution is -0.110. The number of fused-ring (bicyclic) bond motifs is 1. The molecule has 1 aromatic carbocycles. The van der Waals surface area contributed by atoms with E-state index in [0.717, 1.165) is 5.56 Å². The molecule has 1 amide bonds. The van der Waals surface area contributed by atoms with E-state index in [1.54, 1.807) is 31.4 Å². The highest BCUT2D eigenvalue weighted by Gasteiger charge is 2.31. The van der Waals surface area contributed by atoms with Gasteiger partial charge in [-0.15, -0.1) is 0 Å². The minimum absolute atomic E-state index is 0.0772. The Labute approximate surface area is 128 Å². The standard InChI is InChI=1S/C14H15ClN2O3S/c1-17(10-4-5-21(19,20)8-10)7-12-11-3-2-9(15)6-13(11)16-14(12)18/h2-3,6-7,10H,4-5,8H2,1H3,(H,16,18)/b12-7+. The zero-order valence-electron chi connectivity index (χ0n) is 11.5. The van der Waals surface area contributed by atoms with Crippen molar-refractivity contribution in [2.24, 2.45) is 0 Å². The number of hydrogen-bond acceptors (Lipinski definition) is 4. The summed E-state index contributed by atoms with van der Waals surface area (Å²) in [5.74, 6) is 0.159. The third-order valence-electron chi connectivity index (χ3n) is 3.88. The van der Waals surface area contributed by atoms with Crippen LogP contribution in [-0.4, -0.2) is 43.8 Å². The highest BCUT2D eigenvalue weighted by Crippen LogP contribution is 2.34. The summed E-state index contributed by atoms with van der Waals surface area (Å²) in [5.41, 5.74) is 2.01. The Morgan fingerprint density at radius 1 is 1.43 bits per heavy atom. The first-order valence-electron chi connectivity index (χ1n) is 6.61. The molecule has 0 aromatic heterocycles. The van der Waals surface area contributed by atoms with E-state index in [9.17, 15) is 13.2 Å². The summed E-state index contributed by atoms with van der Waals surface area (Å²) in [6.45, 7) is 0. The third-order valence-corrected chi connectivity index (χ3v) is 5.87. The molecule has 1 N–H and O–H groups in total. The van der Waals surface area contributed by atoms with Gasteiger partial charge in [0.05, 0.1) is 22.8 Å². The summed E-state index contributed by atoms with van der Waals surface area (Å²) in [6, 6.07) is 5.15. The van der Waals surface area contributed by atoms with Gasteiger partial charge in [0.2, 0.25) is 0 Å². The smallest absolute Gasteiger partial charge is 0.257 e. The summed E-state index contributed by atoms with van der Waals surface area (Å²) in [6.07, 6.45) is 2.32. The maximum absolute atomic E-state index is 12.1. The molecule has 0 radical (unpaired) electrons. The maximum Gasteiger partial charge on any atom is 0.257 e. The van der Waals surface area contributed by atoms with Crippen molar-refractivity contribution in [1.29, 1.82) is 0 Å². The van der Waals surface area contributed by atoms with Crippen molar-refractivity contribution >= 4 is 38.6 Å². The Kier molecular flexibility index (Phi) is 3.45. The van der Waals surface area contributed by atoms with Gasteiger partial charge in [0.1, 0.15) is 0 Å². The Bertz CT molecular complexity index is 743. The average Bonchev–Trinajstić information content (AvgIpc) is 2.90. The van der Waals surface area contributed by atoms with Crippen molar-refractivity contribution in [3.05, 3.63) is 35.0 Å². The molecule has 7 heteroatoms. The average molecular weight is 327 g/mol. The number of benzene rings is 1. The van der Waals surface area contributed by atoms with Crippen molar-refractivity contribution < 1.29 is 13.2 Å². The van der Waals surface area contributed by atoms with Gasteiger partial charge >= 0.3 is 0 Å². The lowest BCUT2D eigenvalue weighted by atomic mass is 10.1. The van der Waals surface area contributed by atoms with Gasteiger partial charge in [-0.2, -0.15) is 0 Å². The van der Waals surface area contributed by atoms with Crippen molar-refractivity contribution in [1.82, 2.24) is 4.90 Å². The highest BCUT2D eigenvalue weighted by atomic mass is 35.5. The Balaban J connectivity index is 1.89. The van der Waals surface area contributed by atoms with Gasteiger partial charge in [0.15, 0.2) is 9.84 Å². The molecule has 0 aliphatic carbocycles. The molecule has 2 heterocycles. The largest absolute Gasteiger partial charge is 0.376 e. The topological polar surface area (TPSA) is 66.5 Å². The fourth-order valence-electron chi connectivity index (χ4n) is 2.70. The van der Waals surface area contributed by atoms with Crippen LogP contribution in [0.15, 0.2) is 24.4 Å². The van der Waals surface area contributed by atoms with Crippen LogP contribution in [0.1, 0.15) is 12.0 Å². The summed E-state index contributed by atoms with van der Waals surface area (Å²) < 4.78 is 23.1. The van der Waals surface area contributed by atoms with E-state index in [1.807, 2.05) is 4.90 Å². The highest BCUT2D eigenvalue weighted by molar-refractivity contribution is 7.91. The molecule has 1 unspecified atom stereocenters. The van der Waals surface area contributed by atoms with E-state index in [4.69, 9.17) is 11.6 Å². The minimum Gasteiger partial charge on any atom is -0.376 e. The third kappa shape index (κ3) is 2.78. The van der Waals surface area contributed by atoms with E-state index in [0.29, 0.717) is 22.7 Å². The zero-order chi connectivity index (χ0) is 15.2. The first-order valence-corrected chi connectivity index (χ1v) is 8.81. The molecular formula is C14H15ClN2O3S. The predicted molar refractivity (Wildman–Crippen MR) is 82.9 cm³/mol. The van der Waals surface area contributed by atoms with Crippen LogP contribution < -0.4 is 5.32 Å². The normalized spacial score (nSPS) is 25.0. The Hall–Kier alpha value is -1.53. The molecule has 21 heavy (non-hydrogen) atoms. The number of amides is 1. The molecule has 3 rings (SSSR count). The number of nitrogens with zero attached hydrogens (tertiary/aromatic N) is 1. The van der Waals surface area contributed by atoms with Gasteiger partial charge in [-0.3, -0.25) is 4.79 Å². The van der Waals surface area contributed by atoms with Crippen molar-refractivity contribution in [3.63, 3.8) is 0 Å². The molecule has 1 fully saturated rings. The van der Waals surface area contributed by atoms with Gasteiger partial charge in [-0.1, -0.05) is 17.7 Å². The molecule has 1 atom stereocenters. The molecule has 5 nitrogen and oxygen atoms in total. The molecule has 0 saturated carbocycles. The first-order chi connectivity index (χ1) is 9.85. The minimum atomic E-state index is -2.94. The van der Waals surface area contributed by atoms with E-state index in [1.165, 1.54) is 0 Å². The first kappa shape index (κ1) is 14.4. The monoisotopic (exact) mass is 326 g/mol. The molecule has 1 saturated heterocycles. The van der Waals surface area contributed by atoms with Crippen LogP contribution in [-0.2, 0) is 14.6 Å². The van der Waals surface area contributed by atoms with Gasteiger partial charge in [-0.05, 0) is 18.6 Å². The molecule has 2 aliphatic rings. The fraction of sp³-hybridized carbons (Fsp3) is 0.357. The van der Waals surface area contributed by atoms with Crippen LogP contribution in [0.2, 0.25) is 5.02 Å². The van der Waals surface area contributed by atoms with E-state index >= 15 is 0 Å². The van der Waals surface area contributed by atoms with Gasteiger partial charge in [0, 0.05) is 29.9 Å². The molecule has 112 valence electrons. The fourth-order valence-corrected chi connectivity index (χ4v) is 4.66. The van der Waals surface area contributed by atoms with E-state index < -0.39 is 9.84 Å². The van der Waals surface area contributed by atoms with Crippen molar-refractivity contribution in [3.8, 4) is 0 Å². The predicted octanol–water partition coefficient (Wildman–Crippen LogP) is 1.75. The SMILES string of the molecule is CN(/C=C1/C(=O)Nc2cc(Cl)ccc21)C1CCS(=O)(=O)C1. The quantitative estimate of drug-likeness (QED) is 0.841. The lowest BCUT2D eigenvalue weighted by Gasteiger charge is -2.21. The number of sulfone groups is 1. The van der Waals surface area contributed by atoms with Gasteiger partial charge < -0.3 is 10.2 Å². The molecule has 1 aromatic rings. The van der Waals surface area contributed by atoms with E-state index in [2.05, 4.69) is 5.32 Å². The van der Waals surface area contributed by atoms with E-state index in [-0.39, 0.29) is 23.5 Å². The van der Waals surface area contributed by atoms with Crippen molar-refractivity contribution in [2.45, 2.75) is 12.5 Å². The van der Waals surface area contributed by atoms with Gasteiger partial charge in [0.25, 0.3) is 5.91 Å². The van der Waals surface area contributed by atoms with Gasteiger partial charge in [-0.25, -0.2) is 8.42 Å². The second kappa shape index (κ2) is 5.03. The lowest BCUT2D eigenvalue weighted by Crippen LogP contribution is -2.28. The van der Waals surface area contributed by atoms with Crippen LogP contribution in [0.3, 0.4) is 0 Å². The zero-order valence-corrected chi connectivity index (χ0v) is 13.0. The number of carbonyl (C=O) groups excluding carboxylic acids is 1. The number of hydrogen-bond donors (Lipinski definition) is 1. The Morgan fingerprint density at radius 2 is 2.19 bits per heavy atom. The number of carbonyl (C=O) groups is 1. The molecule has 2 aliphatic heterocycles. The van der Waals surface area contributed by atoms with Crippen molar-refractivity contribution in [2.75, 3.05) is 23.9 Å². The maximum atomic E-state index is 12.1. The molecular weight excluding hydrogens is 312 g/mol. The van der Waals surface area contributed by atoms with Crippen LogP contribution in [0.5, 0.6) is 0 Å². The Morgan fingerprint density at radius 3 is 2.86 bits per heavy atom. The molecule has 0 bridgehead atoms. The molecule has 0 spiro atoms. The van der Waals surface area contributed by atoms with Crippen LogP contribution in [0, 0.1) is 0 Å². The van der Waals surface area contributed by atoms with Crippen LogP contribution >= 0.6 is 11.6 Å². The summed E-state index contributed by atoms with van der Waals surface area (Å²) >= 11 is 5.91.